The molecule has 2 aromatic heterocycles. The van der Waals surface area contributed by atoms with E-state index in [-0.39, 0.29) is 6.04 Å². The van der Waals surface area contributed by atoms with Crippen molar-refractivity contribution >= 4 is 37.7 Å². The van der Waals surface area contributed by atoms with Crippen LogP contribution in [-0.4, -0.2) is 78.0 Å². The van der Waals surface area contributed by atoms with Crippen LogP contribution in [0.25, 0.3) is 10.3 Å². The summed E-state index contributed by atoms with van der Waals surface area (Å²) in [6.45, 7) is 8.01. The normalized spacial score (nSPS) is 17.1. The molecule has 0 amide bonds. The van der Waals surface area contributed by atoms with E-state index in [1.54, 1.807) is 17.6 Å². The number of nitrogens with zero attached hydrogens (tertiary/aromatic N) is 6. The molecule has 0 unspecified atom stereocenters. The van der Waals surface area contributed by atoms with Crippen molar-refractivity contribution in [3.05, 3.63) is 64.2 Å². The number of hydrogen-bond donors (Lipinski definition) is 1. The van der Waals surface area contributed by atoms with Crippen LogP contribution in [0.1, 0.15) is 35.1 Å². The number of ether oxygens (including phenoxy) is 2. The van der Waals surface area contributed by atoms with Crippen LogP contribution in [-0.2, 0) is 21.3 Å². The molecule has 4 heterocycles. The number of thiazole rings is 1. The molecular weight excluding hydrogens is 587 g/mol. The van der Waals surface area contributed by atoms with Gasteiger partial charge < -0.3 is 14.8 Å². The van der Waals surface area contributed by atoms with Crippen LogP contribution in [0, 0.1) is 25.2 Å². The number of sulfonamides is 1. The Labute approximate surface area is 255 Å². The molecule has 0 atom stereocenters. The van der Waals surface area contributed by atoms with Crippen LogP contribution in [0.15, 0.2) is 46.8 Å². The maximum Gasteiger partial charge on any atom is 0.243 e. The summed E-state index contributed by atoms with van der Waals surface area (Å²) in [5.74, 6) is 1.61. The van der Waals surface area contributed by atoms with Crippen molar-refractivity contribution in [3.63, 3.8) is 0 Å². The maximum absolute atomic E-state index is 12.9. The van der Waals surface area contributed by atoms with E-state index >= 15 is 0 Å². The lowest BCUT2D eigenvalue weighted by molar-refractivity contribution is 0.0730. The fourth-order valence-corrected chi connectivity index (χ4v) is 7.58. The fourth-order valence-electron chi connectivity index (χ4n) is 5.52. The summed E-state index contributed by atoms with van der Waals surface area (Å²) in [7, 11) is -3.49. The number of fused-ring (bicyclic) bond motifs is 1. The number of piperidine rings is 1. The van der Waals surface area contributed by atoms with Gasteiger partial charge in [0, 0.05) is 38.8 Å². The predicted octanol–water partition coefficient (Wildman–Crippen LogP) is 4.46. The number of anilines is 1. The number of likely N-dealkylation sites (tertiary alicyclic amines) is 1. The average molecular weight is 620 g/mol. The first kappa shape index (κ1) is 29.4. The number of nitriles is 1. The highest BCUT2D eigenvalue weighted by Gasteiger charge is 2.27. The van der Waals surface area contributed by atoms with Gasteiger partial charge in [-0.15, -0.1) is 11.3 Å². The average Bonchev–Trinajstić information content (AvgIpc) is 3.49. The first-order valence-corrected chi connectivity index (χ1v) is 16.6. The molecule has 13 heteroatoms. The predicted molar refractivity (Wildman–Crippen MR) is 164 cm³/mol. The van der Waals surface area contributed by atoms with Gasteiger partial charge in [-0.25, -0.2) is 13.4 Å². The summed E-state index contributed by atoms with van der Waals surface area (Å²) < 4.78 is 39.7. The highest BCUT2D eigenvalue weighted by Crippen LogP contribution is 2.35. The van der Waals surface area contributed by atoms with Crippen LogP contribution < -0.4 is 10.1 Å². The van der Waals surface area contributed by atoms with E-state index in [0.717, 1.165) is 53.9 Å². The van der Waals surface area contributed by atoms with Crippen molar-refractivity contribution in [1.29, 1.82) is 5.26 Å². The minimum atomic E-state index is -3.49. The molecule has 0 radical (unpaired) electrons. The zero-order chi connectivity index (χ0) is 30.0. The molecule has 11 nitrogen and oxygen atoms in total. The Morgan fingerprint density at radius 1 is 1.07 bits per heavy atom. The summed E-state index contributed by atoms with van der Waals surface area (Å²) in [5, 5.41) is 12.8. The molecule has 224 valence electrons. The van der Waals surface area contributed by atoms with Gasteiger partial charge in [0.25, 0.3) is 0 Å². The Morgan fingerprint density at radius 2 is 1.77 bits per heavy atom. The van der Waals surface area contributed by atoms with Gasteiger partial charge in [0.05, 0.1) is 35.3 Å². The number of aryl methyl sites for hydroxylation is 2. The molecule has 2 aliphatic rings. The van der Waals surface area contributed by atoms with E-state index in [9.17, 15) is 13.7 Å². The lowest BCUT2D eigenvalue weighted by Gasteiger charge is -2.32. The zero-order valence-corrected chi connectivity index (χ0v) is 25.7. The van der Waals surface area contributed by atoms with E-state index in [1.165, 1.54) is 15.6 Å². The molecule has 1 N–H and O–H groups in total. The first-order chi connectivity index (χ1) is 20.8. The Morgan fingerprint density at radius 3 is 2.44 bits per heavy atom. The van der Waals surface area contributed by atoms with Crippen molar-refractivity contribution in [1.82, 2.24) is 24.2 Å². The fraction of sp³-hybridized carbons (Fsp3) is 0.400. The quantitative estimate of drug-likeness (QED) is 0.301. The zero-order valence-electron chi connectivity index (χ0n) is 24.1. The summed E-state index contributed by atoms with van der Waals surface area (Å²) in [4.78, 5) is 16.5. The molecule has 2 aromatic carbocycles. The minimum Gasteiger partial charge on any atom is -0.437 e. The third kappa shape index (κ3) is 6.48. The Balaban J connectivity index is 1.08. The van der Waals surface area contributed by atoms with E-state index in [1.807, 2.05) is 38.1 Å². The molecule has 6 rings (SSSR count). The minimum absolute atomic E-state index is 0.194. The lowest BCUT2D eigenvalue weighted by Crippen LogP contribution is -2.40. The second-order valence-corrected chi connectivity index (χ2v) is 13.7. The molecule has 0 bridgehead atoms. The van der Waals surface area contributed by atoms with Gasteiger partial charge in [0.1, 0.15) is 10.4 Å². The summed E-state index contributed by atoms with van der Waals surface area (Å²) in [6.07, 6.45) is 1.82. The van der Waals surface area contributed by atoms with Crippen LogP contribution >= 0.6 is 11.3 Å². The molecule has 0 aliphatic carbocycles. The van der Waals surface area contributed by atoms with Crippen molar-refractivity contribution < 1.29 is 17.9 Å². The molecule has 2 fully saturated rings. The Bertz CT molecular complexity index is 1730. The van der Waals surface area contributed by atoms with Crippen molar-refractivity contribution in [3.8, 4) is 17.7 Å². The van der Waals surface area contributed by atoms with Crippen molar-refractivity contribution in [2.45, 2.75) is 44.2 Å². The van der Waals surface area contributed by atoms with E-state index in [2.05, 4.69) is 26.3 Å². The lowest BCUT2D eigenvalue weighted by atomic mass is 10.0. The molecule has 0 saturated carbocycles. The third-order valence-electron chi connectivity index (χ3n) is 7.81. The standard InChI is InChI=1S/C30H33N7O4S2/c1-20-15-23(17-31)16-21(2)26(20)41-29-27-28(32-19-42-27)34-30(35-29)33-24-7-9-36(10-8-24)18-22-3-5-25(6-4-22)43(38,39)37-11-13-40-14-12-37/h3-6,15-16,19,24H,7-14,18H2,1-2H3,(H,33,34,35). The summed E-state index contributed by atoms with van der Waals surface area (Å²) in [6, 6.07) is 13.2. The topological polar surface area (TPSA) is 134 Å². The second kappa shape index (κ2) is 12.5. The van der Waals surface area contributed by atoms with E-state index in [4.69, 9.17) is 14.5 Å². The SMILES string of the molecule is Cc1cc(C#N)cc(C)c1Oc1nc(NC2CCN(Cc3ccc(S(=O)(=O)N4CCOCC4)cc3)CC2)nc2ncsc12. The molecule has 0 spiro atoms. The number of aromatic nitrogens is 3. The number of hydrogen-bond acceptors (Lipinski definition) is 11. The monoisotopic (exact) mass is 619 g/mol. The van der Waals surface area contributed by atoms with Crippen LogP contribution in [0.2, 0.25) is 0 Å². The van der Waals surface area contributed by atoms with Crippen molar-refractivity contribution in [2.75, 3.05) is 44.7 Å². The van der Waals surface area contributed by atoms with Gasteiger partial charge in [-0.05, 0) is 67.6 Å². The molecule has 4 aromatic rings. The molecule has 2 aliphatic heterocycles. The van der Waals surface area contributed by atoms with Crippen LogP contribution in [0.4, 0.5) is 5.95 Å². The van der Waals surface area contributed by atoms with E-state index < -0.39 is 10.0 Å². The van der Waals surface area contributed by atoms with Gasteiger partial charge in [0.15, 0.2) is 5.65 Å². The summed E-state index contributed by atoms with van der Waals surface area (Å²) >= 11 is 1.43. The third-order valence-corrected chi connectivity index (χ3v) is 10.5. The second-order valence-electron chi connectivity index (χ2n) is 10.9. The molecular formula is C30H33N7O4S2. The van der Waals surface area contributed by atoms with Gasteiger partial charge in [0.2, 0.25) is 21.9 Å². The first-order valence-electron chi connectivity index (χ1n) is 14.3. The molecule has 43 heavy (non-hydrogen) atoms. The maximum atomic E-state index is 12.9. The van der Waals surface area contributed by atoms with Gasteiger partial charge in [-0.1, -0.05) is 12.1 Å². The van der Waals surface area contributed by atoms with Gasteiger partial charge >= 0.3 is 0 Å². The molecule has 2 saturated heterocycles. The van der Waals surface area contributed by atoms with Crippen molar-refractivity contribution in [2.24, 2.45) is 0 Å². The van der Waals surface area contributed by atoms with Crippen LogP contribution in [0.5, 0.6) is 11.6 Å². The summed E-state index contributed by atoms with van der Waals surface area (Å²) in [5.41, 5.74) is 5.72. The highest BCUT2D eigenvalue weighted by atomic mass is 32.2. The smallest absolute Gasteiger partial charge is 0.243 e. The number of nitrogens with one attached hydrogen (secondary N) is 1. The Hall–Kier alpha value is -3.67. The van der Waals surface area contributed by atoms with Gasteiger partial charge in [-0.3, -0.25) is 4.90 Å². The highest BCUT2D eigenvalue weighted by molar-refractivity contribution is 7.89. The largest absolute Gasteiger partial charge is 0.437 e. The number of morpholine rings is 1. The van der Waals surface area contributed by atoms with Crippen LogP contribution in [0.3, 0.4) is 0 Å². The van der Waals surface area contributed by atoms with E-state index in [0.29, 0.717) is 60.0 Å². The Kier molecular flexibility index (Phi) is 8.56. The number of rotatable bonds is 8. The van der Waals surface area contributed by atoms with Gasteiger partial charge in [-0.2, -0.15) is 19.5 Å². The number of benzene rings is 2.